The van der Waals surface area contributed by atoms with Crippen molar-refractivity contribution in [3.8, 4) is 0 Å². The lowest BCUT2D eigenvalue weighted by Gasteiger charge is -2.32. The van der Waals surface area contributed by atoms with Crippen LogP contribution in [0, 0.1) is 12.8 Å². The van der Waals surface area contributed by atoms with Crippen LogP contribution in [0.4, 0.5) is 11.5 Å². The lowest BCUT2D eigenvalue weighted by molar-refractivity contribution is -0.120. The van der Waals surface area contributed by atoms with E-state index < -0.39 is 0 Å². The first-order valence-corrected chi connectivity index (χ1v) is 10.8. The van der Waals surface area contributed by atoms with Crippen LogP contribution in [-0.4, -0.2) is 28.8 Å². The Morgan fingerprint density at radius 3 is 2.64 bits per heavy atom. The second-order valence-corrected chi connectivity index (χ2v) is 8.66. The van der Waals surface area contributed by atoms with Gasteiger partial charge in [0.25, 0.3) is 0 Å². The molecule has 6 heteroatoms. The summed E-state index contributed by atoms with van der Waals surface area (Å²) >= 11 is 3.34. The van der Waals surface area contributed by atoms with E-state index in [1.54, 1.807) is 6.07 Å². The summed E-state index contributed by atoms with van der Waals surface area (Å²) < 4.78 is 0.592. The molecule has 2 N–H and O–H groups in total. The number of anilines is 2. The zero-order valence-electron chi connectivity index (χ0n) is 16.9. The highest BCUT2D eigenvalue weighted by atomic mass is 79.9. The SMILES string of the molecule is Cc1ccc(CCC(=O)C(C)c2ccc(N)c(Br)n2)c(N2CCC(C)CC2)n1. The van der Waals surface area contributed by atoms with Gasteiger partial charge in [-0.1, -0.05) is 13.0 Å². The van der Waals surface area contributed by atoms with Crippen molar-refractivity contribution >= 4 is 33.2 Å². The Hall–Kier alpha value is -1.95. The number of aromatic nitrogens is 2. The fourth-order valence-electron chi connectivity index (χ4n) is 3.60. The van der Waals surface area contributed by atoms with Gasteiger partial charge in [-0.25, -0.2) is 9.97 Å². The summed E-state index contributed by atoms with van der Waals surface area (Å²) in [5, 5.41) is 0. The molecule has 2 aromatic heterocycles. The highest BCUT2D eigenvalue weighted by Crippen LogP contribution is 2.27. The molecule has 0 aromatic carbocycles. The Labute approximate surface area is 175 Å². The number of aryl methyl sites for hydroxylation is 2. The molecule has 1 saturated heterocycles. The fourth-order valence-corrected chi connectivity index (χ4v) is 3.94. The predicted molar refractivity (Wildman–Crippen MR) is 118 cm³/mol. The number of carbonyl (C=O) groups excluding carboxylic acids is 1. The molecule has 3 heterocycles. The van der Waals surface area contributed by atoms with Crippen molar-refractivity contribution in [3.63, 3.8) is 0 Å². The number of nitrogen functional groups attached to an aromatic ring is 1. The van der Waals surface area contributed by atoms with Crippen molar-refractivity contribution in [2.45, 2.75) is 52.4 Å². The van der Waals surface area contributed by atoms with Gasteiger partial charge in [-0.2, -0.15) is 0 Å². The largest absolute Gasteiger partial charge is 0.397 e. The third kappa shape index (κ3) is 4.90. The van der Waals surface area contributed by atoms with E-state index >= 15 is 0 Å². The molecule has 0 radical (unpaired) electrons. The molecule has 2 aromatic rings. The zero-order chi connectivity index (χ0) is 20.3. The summed E-state index contributed by atoms with van der Waals surface area (Å²) in [4.78, 5) is 24.4. The number of pyridine rings is 2. The van der Waals surface area contributed by atoms with Gasteiger partial charge in [0, 0.05) is 25.2 Å². The number of nitrogens with zero attached hydrogens (tertiary/aromatic N) is 3. The molecular formula is C22H29BrN4O. The van der Waals surface area contributed by atoms with Crippen molar-refractivity contribution in [2.75, 3.05) is 23.7 Å². The number of hydrogen-bond donors (Lipinski definition) is 1. The van der Waals surface area contributed by atoms with Crippen LogP contribution in [0.1, 0.15) is 56.0 Å². The molecule has 1 unspecified atom stereocenters. The van der Waals surface area contributed by atoms with Crippen molar-refractivity contribution in [3.05, 3.63) is 45.8 Å². The van der Waals surface area contributed by atoms with E-state index in [9.17, 15) is 4.79 Å². The molecule has 3 rings (SSSR count). The predicted octanol–water partition coefficient (Wildman–Crippen LogP) is 4.67. The van der Waals surface area contributed by atoms with E-state index in [2.05, 4.69) is 38.8 Å². The number of halogens is 1. The first kappa shape index (κ1) is 20.8. The summed E-state index contributed by atoms with van der Waals surface area (Å²) in [6.45, 7) is 8.33. The van der Waals surface area contributed by atoms with Crippen LogP contribution in [0.3, 0.4) is 0 Å². The van der Waals surface area contributed by atoms with E-state index in [1.807, 2.05) is 26.0 Å². The van der Waals surface area contributed by atoms with Gasteiger partial charge in [-0.05, 0) is 78.7 Å². The van der Waals surface area contributed by atoms with Crippen molar-refractivity contribution in [1.82, 2.24) is 9.97 Å². The molecule has 1 aliphatic heterocycles. The van der Waals surface area contributed by atoms with E-state index in [0.717, 1.165) is 41.8 Å². The smallest absolute Gasteiger partial charge is 0.141 e. The monoisotopic (exact) mass is 444 g/mol. The summed E-state index contributed by atoms with van der Waals surface area (Å²) in [6.07, 6.45) is 3.58. The minimum Gasteiger partial charge on any atom is -0.397 e. The number of piperidine rings is 1. The Balaban J connectivity index is 1.69. The molecule has 5 nitrogen and oxygen atoms in total. The second-order valence-electron chi connectivity index (χ2n) is 7.91. The third-order valence-electron chi connectivity index (χ3n) is 5.64. The lowest BCUT2D eigenvalue weighted by Crippen LogP contribution is -2.34. The maximum atomic E-state index is 12.8. The van der Waals surface area contributed by atoms with E-state index in [-0.39, 0.29) is 11.7 Å². The highest BCUT2D eigenvalue weighted by Gasteiger charge is 2.22. The Bertz CT molecular complexity index is 846. The quantitative estimate of drug-likeness (QED) is 0.655. The molecule has 0 saturated carbocycles. The standard InChI is InChI=1S/C22H29BrN4O/c1-14-10-12-27(13-11-14)22-17(5-4-15(2)25-22)6-9-20(28)16(3)19-8-7-18(24)21(23)26-19/h4-5,7-8,14,16H,6,9-13,24H2,1-3H3. The minimum absolute atomic E-state index is 0.183. The van der Waals surface area contributed by atoms with Crippen LogP contribution in [0.5, 0.6) is 0 Å². The molecule has 1 atom stereocenters. The van der Waals surface area contributed by atoms with Crippen molar-refractivity contribution < 1.29 is 4.79 Å². The maximum absolute atomic E-state index is 12.8. The molecule has 1 aliphatic rings. The van der Waals surface area contributed by atoms with Gasteiger partial charge in [-0.3, -0.25) is 4.79 Å². The molecule has 28 heavy (non-hydrogen) atoms. The van der Waals surface area contributed by atoms with Gasteiger partial charge in [0.2, 0.25) is 0 Å². The first-order chi connectivity index (χ1) is 13.3. The molecule has 1 fully saturated rings. The van der Waals surface area contributed by atoms with Crippen LogP contribution in [0.2, 0.25) is 0 Å². The van der Waals surface area contributed by atoms with Crippen LogP contribution in [0.25, 0.3) is 0 Å². The van der Waals surface area contributed by atoms with Gasteiger partial charge in [0.1, 0.15) is 16.2 Å². The lowest BCUT2D eigenvalue weighted by atomic mass is 9.95. The van der Waals surface area contributed by atoms with Crippen LogP contribution < -0.4 is 10.6 Å². The van der Waals surface area contributed by atoms with E-state index in [1.165, 1.54) is 12.8 Å². The number of rotatable bonds is 6. The van der Waals surface area contributed by atoms with E-state index in [4.69, 9.17) is 10.7 Å². The maximum Gasteiger partial charge on any atom is 0.141 e. The normalized spacial score (nSPS) is 16.2. The van der Waals surface area contributed by atoms with Gasteiger partial charge in [0.05, 0.1) is 17.3 Å². The number of Topliss-reactive ketones (excluding diaryl/α,β-unsaturated/α-hetero) is 1. The van der Waals surface area contributed by atoms with Gasteiger partial charge in [-0.15, -0.1) is 0 Å². The van der Waals surface area contributed by atoms with Crippen LogP contribution in [0.15, 0.2) is 28.9 Å². The molecule has 150 valence electrons. The molecule has 0 spiro atoms. The number of hydrogen-bond acceptors (Lipinski definition) is 5. The van der Waals surface area contributed by atoms with E-state index in [0.29, 0.717) is 23.1 Å². The molecule has 0 bridgehead atoms. The minimum atomic E-state index is -0.255. The van der Waals surface area contributed by atoms with Crippen LogP contribution in [-0.2, 0) is 11.2 Å². The molecular weight excluding hydrogens is 416 g/mol. The summed E-state index contributed by atoms with van der Waals surface area (Å²) in [6, 6.07) is 7.79. The number of carbonyl (C=O) groups is 1. The Morgan fingerprint density at radius 1 is 1.25 bits per heavy atom. The summed E-state index contributed by atoms with van der Waals surface area (Å²) in [5.41, 5.74) is 9.31. The first-order valence-electron chi connectivity index (χ1n) is 10.0. The Morgan fingerprint density at radius 2 is 1.96 bits per heavy atom. The number of nitrogens with two attached hydrogens (primary N) is 1. The summed E-state index contributed by atoms with van der Waals surface area (Å²) in [7, 11) is 0. The average Bonchev–Trinajstić information content (AvgIpc) is 2.69. The topological polar surface area (TPSA) is 72.1 Å². The third-order valence-corrected chi connectivity index (χ3v) is 6.28. The van der Waals surface area contributed by atoms with Crippen molar-refractivity contribution in [1.29, 1.82) is 0 Å². The highest BCUT2D eigenvalue weighted by molar-refractivity contribution is 9.10. The second kappa shape index (κ2) is 9.03. The van der Waals surface area contributed by atoms with Gasteiger partial charge >= 0.3 is 0 Å². The van der Waals surface area contributed by atoms with Crippen molar-refractivity contribution in [2.24, 2.45) is 5.92 Å². The van der Waals surface area contributed by atoms with Gasteiger partial charge < -0.3 is 10.6 Å². The Kier molecular flexibility index (Phi) is 6.70. The zero-order valence-corrected chi connectivity index (χ0v) is 18.5. The number of ketones is 1. The van der Waals surface area contributed by atoms with Gasteiger partial charge in [0.15, 0.2) is 0 Å². The average molecular weight is 445 g/mol. The van der Waals surface area contributed by atoms with Crippen LogP contribution >= 0.6 is 15.9 Å². The summed E-state index contributed by atoms with van der Waals surface area (Å²) in [5.74, 6) is 1.76. The fraction of sp³-hybridized carbons (Fsp3) is 0.500. The molecule has 0 aliphatic carbocycles. The molecule has 0 amide bonds.